The molecule has 2 nitrogen and oxygen atoms in total. The Morgan fingerprint density at radius 2 is 2.21 bits per heavy atom. The molecule has 0 aliphatic heterocycles. The Balaban J connectivity index is 2.95. The van der Waals surface area contributed by atoms with Gasteiger partial charge in [0, 0.05) is 13.6 Å². The van der Waals surface area contributed by atoms with Crippen molar-refractivity contribution in [3.8, 4) is 6.07 Å². The van der Waals surface area contributed by atoms with Crippen LogP contribution < -0.4 is 4.90 Å². The van der Waals surface area contributed by atoms with Gasteiger partial charge in [0.2, 0.25) is 0 Å². The first kappa shape index (κ1) is 10.5. The van der Waals surface area contributed by atoms with E-state index < -0.39 is 0 Å². The summed E-state index contributed by atoms with van der Waals surface area (Å²) >= 11 is 0. The molecule has 0 fully saturated rings. The third-order valence-electron chi connectivity index (χ3n) is 2.05. The van der Waals surface area contributed by atoms with Crippen LogP contribution in [0.1, 0.15) is 18.9 Å². The highest BCUT2D eigenvalue weighted by molar-refractivity contribution is 5.50. The van der Waals surface area contributed by atoms with E-state index in [-0.39, 0.29) is 5.82 Å². The van der Waals surface area contributed by atoms with Crippen molar-refractivity contribution in [3.05, 3.63) is 29.6 Å². The molecule has 0 N–H and O–H groups in total. The van der Waals surface area contributed by atoms with Gasteiger partial charge in [0.25, 0.3) is 0 Å². The molecule has 0 aromatic heterocycles. The SMILES string of the molecule is CCCN(C)c1ccc(C#N)cc1F. The molecule has 0 aliphatic rings. The Labute approximate surface area is 83.6 Å². The van der Waals surface area contributed by atoms with Crippen molar-refractivity contribution in [2.24, 2.45) is 0 Å². The quantitative estimate of drug-likeness (QED) is 0.735. The smallest absolute Gasteiger partial charge is 0.147 e. The lowest BCUT2D eigenvalue weighted by Crippen LogP contribution is -2.18. The first-order valence-electron chi connectivity index (χ1n) is 4.59. The van der Waals surface area contributed by atoms with Crippen LogP contribution in [0.25, 0.3) is 0 Å². The first-order chi connectivity index (χ1) is 6.69. The van der Waals surface area contributed by atoms with Crippen LogP contribution in [0, 0.1) is 17.1 Å². The van der Waals surface area contributed by atoms with Crippen molar-refractivity contribution in [1.29, 1.82) is 5.26 Å². The van der Waals surface area contributed by atoms with Gasteiger partial charge < -0.3 is 4.90 Å². The van der Waals surface area contributed by atoms with Crippen LogP contribution in [-0.2, 0) is 0 Å². The number of rotatable bonds is 3. The number of benzene rings is 1. The third-order valence-corrected chi connectivity index (χ3v) is 2.05. The van der Waals surface area contributed by atoms with Crippen LogP contribution in [0.15, 0.2) is 18.2 Å². The van der Waals surface area contributed by atoms with Crippen molar-refractivity contribution >= 4 is 5.69 Å². The predicted octanol–water partition coefficient (Wildman–Crippen LogP) is 2.54. The molecule has 0 heterocycles. The molecule has 0 saturated heterocycles. The number of hydrogen-bond acceptors (Lipinski definition) is 2. The van der Waals surface area contributed by atoms with E-state index in [0.717, 1.165) is 13.0 Å². The molecule has 14 heavy (non-hydrogen) atoms. The van der Waals surface area contributed by atoms with E-state index in [2.05, 4.69) is 0 Å². The Morgan fingerprint density at radius 1 is 1.50 bits per heavy atom. The van der Waals surface area contributed by atoms with E-state index in [1.165, 1.54) is 6.07 Å². The Hall–Kier alpha value is -1.56. The normalized spacial score (nSPS) is 9.57. The lowest BCUT2D eigenvalue weighted by molar-refractivity contribution is 0.621. The molecule has 0 spiro atoms. The molecule has 0 atom stereocenters. The van der Waals surface area contributed by atoms with Gasteiger partial charge in [-0.2, -0.15) is 5.26 Å². The number of nitrogens with zero attached hydrogens (tertiary/aromatic N) is 2. The number of anilines is 1. The van der Waals surface area contributed by atoms with Crippen LogP contribution in [0.3, 0.4) is 0 Å². The average molecular weight is 192 g/mol. The molecular weight excluding hydrogens is 179 g/mol. The van der Waals surface area contributed by atoms with Gasteiger partial charge in [-0.15, -0.1) is 0 Å². The maximum absolute atomic E-state index is 13.4. The van der Waals surface area contributed by atoms with E-state index in [9.17, 15) is 4.39 Å². The summed E-state index contributed by atoms with van der Waals surface area (Å²) in [6, 6.07) is 6.44. The second-order valence-corrected chi connectivity index (χ2v) is 3.20. The molecule has 0 aliphatic carbocycles. The zero-order chi connectivity index (χ0) is 10.6. The van der Waals surface area contributed by atoms with E-state index in [4.69, 9.17) is 5.26 Å². The summed E-state index contributed by atoms with van der Waals surface area (Å²) in [4.78, 5) is 1.84. The van der Waals surface area contributed by atoms with Gasteiger partial charge in [0.1, 0.15) is 5.82 Å². The molecule has 0 unspecified atom stereocenters. The van der Waals surface area contributed by atoms with Crippen molar-refractivity contribution < 1.29 is 4.39 Å². The average Bonchev–Trinajstić information content (AvgIpc) is 2.17. The summed E-state index contributed by atoms with van der Waals surface area (Å²) in [5, 5.41) is 8.56. The summed E-state index contributed by atoms with van der Waals surface area (Å²) in [7, 11) is 1.84. The zero-order valence-electron chi connectivity index (χ0n) is 8.42. The second-order valence-electron chi connectivity index (χ2n) is 3.20. The molecule has 0 radical (unpaired) electrons. The highest BCUT2D eigenvalue weighted by Gasteiger charge is 2.06. The van der Waals surface area contributed by atoms with Crippen LogP contribution in [0.4, 0.5) is 10.1 Å². The number of nitriles is 1. The monoisotopic (exact) mass is 192 g/mol. The molecule has 0 amide bonds. The van der Waals surface area contributed by atoms with Gasteiger partial charge in [-0.1, -0.05) is 6.92 Å². The van der Waals surface area contributed by atoms with Crippen LogP contribution in [0.5, 0.6) is 0 Å². The maximum atomic E-state index is 13.4. The summed E-state index contributed by atoms with van der Waals surface area (Å²) in [6.07, 6.45) is 0.968. The summed E-state index contributed by atoms with van der Waals surface area (Å²) in [5.41, 5.74) is 0.905. The fourth-order valence-corrected chi connectivity index (χ4v) is 1.34. The lowest BCUT2D eigenvalue weighted by Gasteiger charge is -2.18. The first-order valence-corrected chi connectivity index (χ1v) is 4.59. The lowest BCUT2D eigenvalue weighted by atomic mass is 10.2. The molecule has 1 aromatic rings. The Morgan fingerprint density at radius 3 is 2.71 bits per heavy atom. The number of halogens is 1. The summed E-state index contributed by atoms with van der Waals surface area (Å²) in [6.45, 7) is 2.85. The van der Waals surface area contributed by atoms with Crippen molar-refractivity contribution in [3.63, 3.8) is 0 Å². The van der Waals surface area contributed by atoms with Gasteiger partial charge in [-0.05, 0) is 24.6 Å². The van der Waals surface area contributed by atoms with Gasteiger partial charge in [-0.3, -0.25) is 0 Å². The minimum atomic E-state index is -0.333. The van der Waals surface area contributed by atoms with Crippen LogP contribution in [0.2, 0.25) is 0 Å². The minimum absolute atomic E-state index is 0.333. The maximum Gasteiger partial charge on any atom is 0.147 e. The van der Waals surface area contributed by atoms with Gasteiger partial charge >= 0.3 is 0 Å². The van der Waals surface area contributed by atoms with Crippen LogP contribution in [-0.4, -0.2) is 13.6 Å². The molecule has 74 valence electrons. The zero-order valence-corrected chi connectivity index (χ0v) is 8.42. The third kappa shape index (κ3) is 2.23. The molecule has 1 rings (SSSR count). The van der Waals surface area contributed by atoms with Crippen molar-refractivity contribution in [1.82, 2.24) is 0 Å². The molecule has 0 bridgehead atoms. The van der Waals surface area contributed by atoms with Gasteiger partial charge in [-0.25, -0.2) is 4.39 Å². The fraction of sp³-hybridized carbons (Fsp3) is 0.364. The van der Waals surface area contributed by atoms with Gasteiger partial charge in [0.05, 0.1) is 17.3 Å². The summed E-state index contributed by atoms with van der Waals surface area (Å²) < 4.78 is 13.4. The highest BCUT2D eigenvalue weighted by atomic mass is 19.1. The largest absolute Gasteiger partial charge is 0.372 e. The minimum Gasteiger partial charge on any atom is -0.372 e. The number of hydrogen-bond donors (Lipinski definition) is 0. The van der Waals surface area contributed by atoms with Gasteiger partial charge in [0.15, 0.2) is 0 Å². The molecular formula is C11H13FN2. The predicted molar refractivity (Wildman–Crippen MR) is 54.7 cm³/mol. The Kier molecular flexibility index (Phi) is 3.47. The van der Waals surface area contributed by atoms with E-state index in [1.807, 2.05) is 24.9 Å². The van der Waals surface area contributed by atoms with Crippen LogP contribution >= 0.6 is 0 Å². The highest BCUT2D eigenvalue weighted by Crippen LogP contribution is 2.19. The summed E-state index contributed by atoms with van der Waals surface area (Å²) in [5.74, 6) is -0.333. The van der Waals surface area contributed by atoms with E-state index >= 15 is 0 Å². The standard InChI is InChI=1S/C11H13FN2/c1-3-6-14(2)11-5-4-9(8-13)7-10(11)12/h4-5,7H,3,6H2,1-2H3. The van der Waals surface area contributed by atoms with Crippen molar-refractivity contribution in [2.45, 2.75) is 13.3 Å². The molecule has 1 aromatic carbocycles. The van der Waals surface area contributed by atoms with E-state index in [1.54, 1.807) is 12.1 Å². The van der Waals surface area contributed by atoms with E-state index in [0.29, 0.717) is 11.3 Å². The molecule has 3 heteroatoms. The molecule has 0 saturated carbocycles. The second kappa shape index (κ2) is 4.61. The fourth-order valence-electron chi connectivity index (χ4n) is 1.34. The van der Waals surface area contributed by atoms with Crippen molar-refractivity contribution in [2.75, 3.05) is 18.5 Å². The Bertz CT molecular complexity index is 355. The topological polar surface area (TPSA) is 27.0 Å².